The predicted molar refractivity (Wildman–Crippen MR) is 63.7 cm³/mol. The minimum Gasteiger partial charge on any atom is -0.454 e. The Balaban J connectivity index is 1.65. The van der Waals surface area contributed by atoms with Gasteiger partial charge in [0.2, 0.25) is 6.79 Å². The van der Waals surface area contributed by atoms with Crippen molar-refractivity contribution in [2.45, 2.75) is 12.8 Å². The summed E-state index contributed by atoms with van der Waals surface area (Å²) in [4.78, 5) is 11.9. The fraction of sp³-hybridized carbons (Fsp3) is 0.462. The second-order valence-corrected chi connectivity index (χ2v) is 4.91. The number of hydrogen-bond acceptors (Lipinski definition) is 4. The lowest BCUT2D eigenvalue weighted by Gasteiger charge is -2.12. The van der Waals surface area contributed by atoms with E-state index in [4.69, 9.17) is 9.47 Å². The van der Waals surface area contributed by atoms with Crippen molar-refractivity contribution in [3.63, 3.8) is 0 Å². The number of carbonyl (C=O) groups is 1. The molecule has 2 N–H and O–H groups in total. The molecule has 18 heavy (non-hydrogen) atoms. The summed E-state index contributed by atoms with van der Waals surface area (Å²) in [5.41, 5.74) is 0.472. The molecule has 5 nitrogen and oxygen atoms in total. The summed E-state index contributed by atoms with van der Waals surface area (Å²) in [5.74, 6) is 1.12. The second kappa shape index (κ2) is 4.17. The van der Waals surface area contributed by atoms with Crippen LogP contribution in [0, 0.1) is 5.41 Å². The van der Waals surface area contributed by atoms with Crippen molar-refractivity contribution in [1.29, 1.82) is 0 Å². The van der Waals surface area contributed by atoms with E-state index < -0.39 is 0 Å². The summed E-state index contributed by atoms with van der Waals surface area (Å²) in [7, 11) is 0. The van der Waals surface area contributed by atoms with Crippen LogP contribution in [0.1, 0.15) is 23.2 Å². The number of nitrogens with one attached hydrogen (secondary N) is 1. The van der Waals surface area contributed by atoms with Crippen LogP contribution in [0.25, 0.3) is 0 Å². The molecule has 0 unspecified atom stereocenters. The van der Waals surface area contributed by atoms with E-state index in [0.29, 0.717) is 23.6 Å². The number of amides is 1. The Bertz CT molecular complexity index is 482. The molecule has 0 radical (unpaired) electrons. The molecule has 1 amide bonds. The van der Waals surface area contributed by atoms with Crippen LogP contribution in [0.5, 0.6) is 11.5 Å². The monoisotopic (exact) mass is 249 g/mol. The van der Waals surface area contributed by atoms with Crippen LogP contribution in [0.15, 0.2) is 18.2 Å². The van der Waals surface area contributed by atoms with Gasteiger partial charge in [-0.1, -0.05) is 0 Å². The molecule has 96 valence electrons. The van der Waals surface area contributed by atoms with Gasteiger partial charge in [-0.15, -0.1) is 0 Å². The van der Waals surface area contributed by atoms with Gasteiger partial charge in [-0.2, -0.15) is 0 Å². The number of aliphatic hydroxyl groups excluding tert-OH is 1. The Hall–Kier alpha value is -1.75. The molecule has 1 aromatic carbocycles. The van der Waals surface area contributed by atoms with Gasteiger partial charge >= 0.3 is 0 Å². The van der Waals surface area contributed by atoms with E-state index in [2.05, 4.69) is 5.32 Å². The first-order valence-corrected chi connectivity index (χ1v) is 6.01. The van der Waals surface area contributed by atoms with Crippen molar-refractivity contribution in [2.24, 2.45) is 5.41 Å². The molecule has 1 aromatic rings. The van der Waals surface area contributed by atoms with Crippen LogP contribution >= 0.6 is 0 Å². The average Bonchev–Trinajstić information content (AvgIpc) is 3.04. The zero-order valence-corrected chi connectivity index (χ0v) is 9.94. The van der Waals surface area contributed by atoms with E-state index in [9.17, 15) is 9.90 Å². The SMILES string of the molecule is O=C(NCC1(CO)CC1)c1ccc2c(c1)OCO2. The van der Waals surface area contributed by atoms with E-state index in [1.165, 1.54) is 0 Å². The lowest BCUT2D eigenvalue weighted by atomic mass is 10.1. The quantitative estimate of drug-likeness (QED) is 0.832. The van der Waals surface area contributed by atoms with E-state index in [0.717, 1.165) is 12.8 Å². The van der Waals surface area contributed by atoms with Gasteiger partial charge in [0.1, 0.15) is 0 Å². The Kier molecular flexibility index (Phi) is 2.63. The van der Waals surface area contributed by atoms with Crippen LogP contribution in [-0.4, -0.2) is 31.0 Å². The van der Waals surface area contributed by atoms with Crippen molar-refractivity contribution in [3.8, 4) is 11.5 Å². The van der Waals surface area contributed by atoms with Gasteiger partial charge in [0, 0.05) is 17.5 Å². The molecule has 1 fully saturated rings. The molecule has 3 rings (SSSR count). The van der Waals surface area contributed by atoms with Crippen LogP contribution in [0.3, 0.4) is 0 Å². The normalized spacial score (nSPS) is 18.5. The summed E-state index contributed by atoms with van der Waals surface area (Å²) >= 11 is 0. The molecule has 2 aliphatic rings. The number of benzene rings is 1. The molecule has 5 heteroatoms. The number of rotatable bonds is 4. The summed E-state index contributed by atoms with van der Waals surface area (Å²) in [6, 6.07) is 5.12. The van der Waals surface area contributed by atoms with Crippen molar-refractivity contribution in [2.75, 3.05) is 19.9 Å². The van der Waals surface area contributed by atoms with E-state index >= 15 is 0 Å². The maximum absolute atomic E-state index is 11.9. The summed E-state index contributed by atoms with van der Waals surface area (Å²) in [6.07, 6.45) is 1.95. The third-order valence-electron chi connectivity index (χ3n) is 3.55. The highest BCUT2D eigenvalue weighted by Crippen LogP contribution is 2.44. The number of carbonyl (C=O) groups excluding carboxylic acids is 1. The number of fused-ring (bicyclic) bond motifs is 1. The van der Waals surface area contributed by atoms with Gasteiger partial charge < -0.3 is 19.9 Å². The standard InChI is InChI=1S/C13H15NO4/c15-7-13(3-4-13)6-14-12(16)9-1-2-10-11(5-9)18-8-17-10/h1-2,5,15H,3-4,6-8H2,(H,14,16). The highest BCUT2D eigenvalue weighted by Gasteiger charge is 2.42. The van der Waals surface area contributed by atoms with Gasteiger partial charge in [0.05, 0.1) is 6.61 Å². The van der Waals surface area contributed by atoms with Gasteiger partial charge in [-0.3, -0.25) is 4.79 Å². The van der Waals surface area contributed by atoms with Crippen LogP contribution in [-0.2, 0) is 0 Å². The first-order valence-electron chi connectivity index (χ1n) is 6.01. The van der Waals surface area contributed by atoms with Crippen molar-refractivity contribution >= 4 is 5.91 Å². The molecule has 1 aliphatic heterocycles. The largest absolute Gasteiger partial charge is 0.454 e. The highest BCUT2D eigenvalue weighted by atomic mass is 16.7. The summed E-state index contributed by atoms with van der Waals surface area (Å²) in [6.45, 7) is 0.860. The van der Waals surface area contributed by atoms with E-state index in [-0.39, 0.29) is 24.7 Å². The van der Waals surface area contributed by atoms with E-state index in [1.807, 2.05) is 0 Å². The number of ether oxygens (including phenoxy) is 2. The topological polar surface area (TPSA) is 67.8 Å². The van der Waals surface area contributed by atoms with Gasteiger partial charge in [0.15, 0.2) is 11.5 Å². The Morgan fingerprint density at radius 1 is 1.33 bits per heavy atom. The average molecular weight is 249 g/mol. The zero-order chi connectivity index (χ0) is 12.6. The molecule has 1 heterocycles. The predicted octanol–water partition coefficient (Wildman–Crippen LogP) is 0.918. The third-order valence-corrected chi connectivity index (χ3v) is 3.55. The van der Waals surface area contributed by atoms with Crippen molar-refractivity contribution in [3.05, 3.63) is 23.8 Å². The van der Waals surface area contributed by atoms with Crippen LogP contribution in [0.4, 0.5) is 0 Å². The number of aliphatic hydroxyl groups is 1. The maximum atomic E-state index is 11.9. The molecule has 0 bridgehead atoms. The summed E-state index contributed by atoms with van der Waals surface area (Å²) < 4.78 is 10.4. The van der Waals surface area contributed by atoms with Crippen LogP contribution < -0.4 is 14.8 Å². The third kappa shape index (κ3) is 2.01. The van der Waals surface area contributed by atoms with Crippen molar-refractivity contribution in [1.82, 2.24) is 5.32 Å². The Morgan fingerprint density at radius 2 is 2.11 bits per heavy atom. The Morgan fingerprint density at radius 3 is 2.83 bits per heavy atom. The molecule has 1 saturated carbocycles. The number of hydrogen-bond donors (Lipinski definition) is 2. The Labute approximate surface area is 105 Å². The molecule has 0 atom stereocenters. The first kappa shape index (κ1) is 11.3. The van der Waals surface area contributed by atoms with Gasteiger partial charge in [-0.05, 0) is 31.0 Å². The second-order valence-electron chi connectivity index (χ2n) is 4.91. The fourth-order valence-electron chi connectivity index (χ4n) is 1.98. The van der Waals surface area contributed by atoms with Gasteiger partial charge in [0.25, 0.3) is 5.91 Å². The highest BCUT2D eigenvalue weighted by molar-refractivity contribution is 5.95. The molecular weight excluding hydrogens is 234 g/mol. The molecule has 1 aliphatic carbocycles. The van der Waals surface area contributed by atoms with Crippen LogP contribution in [0.2, 0.25) is 0 Å². The molecule has 0 spiro atoms. The molecule has 0 saturated heterocycles. The minimum atomic E-state index is -0.145. The molecule has 0 aromatic heterocycles. The maximum Gasteiger partial charge on any atom is 0.251 e. The lowest BCUT2D eigenvalue weighted by Crippen LogP contribution is -2.31. The van der Waals surface area contributed by atoms with Crippen molar-refractivity contribution < 1.29 is 19.4 Å². The van der Waals surface area contributed by atoms with Gasteiger partial charge in [-0.25, -0.2) is 0 Å². The minimum absolute atomic E-state index is 0.0774. The first-order chi connectivity index (χ1) is 8.72. The zero-order valence-electron chi connectivity index (χ0n) is 9.94. The van der Waals surface area contributed by atoms with E-state index in [1.54, 1.807) is 18.2 Å². The fourth-order valence-corrected chi connectivity index (χ4v) is 1.98. The molecular formula is C13H15NO4. The summed E-state index contributed by atoms with van der Waals surface area (Å²) in [5, 5.41) is 12.0. The lowest BCUT2D eigenvalue weighted by molar-refractivity contribution is 0.0934. The smallest absolute Gasteiger partial charge is 0.251 e.